The van der Waals surface area contributed by atoms with Gasteiger partial charge in [-0.3, -0.25) is 4.98 Å². The minimum Gasteiger partial charge on any atom is -0.394 e. The minimum atomic E-state index is -0.734. The molecule has 18 heavy (non-hydrogen) atoms. The molecular weight excluding hydrogens is 253 g/mol. The first-order valence-corrected chi connectivity index (χ1v) is 6.76. The van der Waals surface area contributed by atoms with Gasteiger partial charge in [-0.15, -0.1) is 0 Å². The number of benzene rings is 1. The Morgan fingerprint density at radius 3 is 3.00 bits per heavy atom. The van der Waals surface area contributed by atoms with Crippen LogP contribution in [0.3, 0.4) is 0 Å². The van der Waals surface area contributed by atoms with E-state index in [-0.39, 0.29) is 12.4 Å². The van der Waals surface area contributed by atoms with Crippen LogP contribution in [0.1, 0.15) is 5.56 Å². The largest absolute Gasteiger partial charge is 0.394 e. The van der Waals surface area contributed by atoms with Crippen molar-refractivity contribution in [3.63, 3.8) is 0 Å². The number of fused-ring (bicyclic) bond motifs is 1. The van der Waals surface area contributed by atoms with Crippen molar-refractivity contribution < 1.29 is 14.6 Å². The van der Waals surface area contributed by atoms with E-state index in [4.69, 9.17) is 5.11 Å². The van der Waals surface area contributed by atoms with Crippen molar-refractivity contribution in [1.82, 2.24) is 4.98 Å². The highest BCUT2D eigenvalue weighted by molar-refractivity contribution is 7.98. The molecule has 0 radical (unpaired) electrons. The van der Waals surface area contributed by atoms with Gasteiger partial charge < -0.3 is 10.2 Å². The van der Waals surface area contributed by atoms with Crippen molar-refractivity contribution in [2.24, 2.45) is 0 Å². The van der Waals surface area contributed by atoms with Crippen LogP contribution in [0.4, 0.5) is 4.39 Å². The number of rotatable bonds is 5. The van der Waals surface area contributed by atoms with E-state index in [0.29, 0.717) is 11.5 Å². The molecule has 2 aromatic rings. The van der Waals surface area contributed by atoms with Gasteiger partial charge in [0.15, 0.2) is 0 Å². The van der Waals surface area contributed by atoms with Crippen LogP contribution in [-0.2, 0) is 5.75 Å². The quantitative estimate of drug-likeness (QED) is 0.869. The first kappa shape index (κ1) is 13.3. The summed E-state index contributed by atoms with van der Waals surface area (Å²) in [6, 6.07) is 6.52. The third kappa shape index (κ3) is 3.19. The van der Waals surface area contributed by atoms with Gasteiger partial charge in [0, 0.05) is 23.1 Å². The first-order valence-electron chi connectivity index (χ1n) is 5.60. The fourth-order valence-corrected chi connectivity index (χ4v) is 2.63. The molecule has 2 rings (SSSR count). The number of pyridine rings is 1. The lowest BCUT2D eigenvalue weighted by Gasteiger charge is -2.08. The van der Waals surface area contributed by atoms with Crippen molar-refractivity contribution in [3.05, 3.63) is 41.8 Å². The molecular formula is C13H14FNO2S. The second kappa shape index (κ2) is 6.13. The second-order valence-corrected chi connectivity index (χ2v) is 5.02. The summed E-state index contributed by atoms with van der Waals surface area (Å²) in [6.07, 6.45) is 0.944. The van der Waals surface area contributed by atoms with Gasteiger partial charge in [-0.05, 0) is 23.8 Å². The molecule has 0 fully saturated rings. The van der Waals surface area contributed by atoms with Gasteiger partial charge in [0.25, 0.3) is 0 Å². The van der Waals surface area contributed by atoms with E-state index in [2.05, 4.69) is 4.98 Å². The molecule has 0 spiro atoms. The average molecular weight is 267 g/mol. The number of hydrogen-bond acceptors (Lipinski definition) is 4. The van der Waals surface area contributed by atoms with Crippen molar-refractivity contribution in [2.45, 2.75) is 11.9 Å². The molecule has 2 N–H and O–H groups in total. The molecule has 5 heteroatoms. The van der Waals surface area contributed by atoms with Crippen LogP contribution < -0.4 is 0 Å². The van der Waals surface area contributed by atoms with E-state index in [1.54, 1.807) is 12.3 Å². The lowest BCUT2D eigenvalue weighted by molar-refractivity contribution is 0.113. The number of hydrogen-bond donors (Lipinski definition) is 2. The Balaban J connectivity index is 2.17. The van der Waals surface area contributed by atoms with E-state index in [1.165, 1.54) is 23.9 Å². The van der Waals surface area contributed by atoms with Crippen LogP contribution in [0.15, 0.2) is 30.5 Å². The van der Waals surface area contributed by atoms with Crippen molar-refractivity contribution in [2.75, 3.05) is 12.4 Å². The summed E-state index contributed by atoms with van der Waals surface area (Å²) < 4.78 is 13.4. The van der Waals surface area contributed by atoms with Gasteiger partial charge in [-0.25, -0.2) is 4.39 Å². The smallest absolute Gasteiger partial charge is 0.124 e. The predicted molar refractivity (Wildman–Crippen MR) is 71.0 cm³/mol. The summed E-state index contributed by atoms with van der Waals surface area (Å²) in [6.45, 7) is -0.255. The van der Waals surface area contributed by atoms with Crippen molar-refractivity contribution in [3.8, 4) is 0 Å². The topological polar surface area (TPSA) is 53.4 Å². The van der Waals surface area contributed by atoms with Gasteiger partial charge in [0.2, 0.25) is 0 Å². The molecule has 96 valence electrons. The SMILES string of the molecule is OC[C@@H](O)CSCc1cc(F)cc2cccnc12. The monoisotopic (exact) mass is 267 g/mol. The zero-order valence-electron chi connectivity index (χ0n) is 9.71. The first-order chi connectivity index (χ1) is 8.70. The van der Waals surface area contributed by atoms with E-state index in [9.17, 15) is 9.50 Å². The van der Waals surface area contributed by atoms with Gasteiger partial charge in [-0.1, -0.05) is 6.07 Å². The zero-order chi connectivity index (χ0) is 13.0. The normalized spacial score (nSPS) is 12.8. The number of aromatic nitrogens is 1. The fraction of sp³-hybridized carbons (Fsp3) is 0.308. The van der Waals surface area contributed by atoms with Crippen LogP contribution in [0.2, 0.25) is 0 Å². The van der Waals surface area contributed by atoms with Gasteiger partial charge in [0.05, 0.1) is 18.2 Å². The average Bonchev–Trinajstić information content (AvgIpc) is 2.38. The van der Waals surface area contributed by atoms with Gasteiger partial charge in [0.1, 0.15) is 5.82 Å². The summed E-state index contributed by atoms with van der Waals surface area (Å²) in [5.41, 5.74) is 1.59. The summed E-state index contributed by atoms with van der Waals surface area (Å²) in [7, 11) is 0. The maximum Gasteiger partial charge on any atom is 0.124 e. The minimum absolute atomic E-state index is 0.255. The molecule has 1 aromatic carbocycles. The van der Waals surface area contributed by atoms with E-state index in [1.807, 2.05) is 6.07 Å². The Morgan fingerprint density at radius 2 is 2.22 bits per heavy atom. The molecule has 0 saturated carbocycles. The summed E-state index contributed by atoms with van der Waals surface area (Å²) in [4.78, 5) is 4.25. The van der Waals surface area contributed by atoms with Gasteiger partial charge in [-0.2, -0.15) is 11.8 Å². The number of thioether (sulfide) groups is 1. The summed E-state index contributed by atoms with van der Waals surface area (Å²) in [5.74, 6) is 0.692. The summed E-state index contributed by atoms with van der Waals surface area (Å²) in [5, 5.41) is 18.7. The number of aliphatic hydroxyl groups excluding tert-OH is 2. The highest BCUT2D eigenvalue weighted by atomic mass is 32.2. The second-order valence-electron chi connectivity index (χ2n) is 3.99. The molecule has 0 aliphatic heterocycles. The molecule has 3 nitrogen and oxygen atoms in total. The van der Waals surface area contributed by atoms with E-state index < -0.39 is 6.10 Å². The number of aliphatic hydroxyl groups is 2. The van der Waals surface area contributed by atoms with Crippen LogP contribution in [0, 0.1) is 5.82 Å². The highest BCUT2D eigenvalue weighted by Crippen LogP contribution is 2.22. The Morgan fingerprint density at radius 1 is 1.39 bits per heavy atom. The third-order valence-electron chi connectivity index (χ3n) is 2.53. The molecule has 0 aliphatic carbocycles. The predicted octanol–water partition coefficient (Wildman–Crippen LogP) is 1.96. The maximum atomic E-state index is 13.4. The molecule has 0 saturated heterocycles. The van der Waals surface area contributed by atoms with Gasteiger partial charge >= 0.3 is 0 Å². The van der Waals surface area contributed by atoms with E-state index >= 15 is 0 Å². The highest BCUT2D eigenvalue weighted by Gasteiger charge is 2.07. The lowest BCUT2D eigenvalue weighted by atomic mass is 10.1. The molecule has 0 aliphatic rings. The summed E-state index contributed by atoms with van der Waals surface area (Å²) >= 11 is 1.45. The molecule has 0 amide bonds. The standard InChI is InChI=1S/C13H14FNO2S/c14-11-4-9-2-1-3-15-13(9)10(5-11)7-18-8-12(17)6-16/h1-5,12,16-17H,6-8H2/t12-/m1/s1. The van der Waals surface area contributed by atoms with Crippen LogP contribution >= 0.6 is 11.8 Å². The van der Waals surface area contributed by atoms with Crippen LogP contribution in [-0.4, -0.2) is 33.7 Å². The Labute approximate surface area is 109 Å². The Kier molecular flexibility index (Phi) is 4.52. The number of halogens is 1. The third-order valence-corrected chi connectivity index (χ3v) is 3.66. The van der Waals surface area contributed by atoms with Crippen molar-refractivity contribution in [1.29, 1.82) is 0 Å². The Bertz CT molecular complexity index is 535. The zero-order valence-corrected chi connectivity index (χ0v) is 10.5. The molecule has 1 aromatic heterocycles. The molecule has 1 heterocycles. The molecule has 1 atom stereocenters. The maximum absolute atomic E-state index is 13.4. The Hall–Kier alpha value is -1.17. The lowest BCUT2D eigenvalue weighted by Crippen LogP contribution is -2.14. The number of nitrogens with zero attached hydrogens (tertiary/aromatic N) is 1. The van der Waals surface area contributed by atoms with Crippen LogP contribution in [0.25, 0.3) is 10.9 Å². The molecule has 0 unspecified atom stereocenters. The van der Waals surface area contributed by atoms with E-state index in [0.717, 1.165) is 16.5 Å². The molecule has 0 bridgehead atoms. The van der Waals surface area contributed by atoms with Crippen molar-refractivity contribution >= 4 is 22.7 Å². The fourth-order valence-electron chi connectivity index (χ4n) is 1.70. The van der Waals surface area contributed by atoms with Crippen LogP contribution in [0.5, 0.6) is 0 Å².